The fourth-order valence-corrected chi connectivity index (χ4v) is 3.02. The van der Waals surface area contributed by atoms with E-state index in [1.807, 2.05) is 24.3 Å². The third kappa shape index (κ3) is 3.07. The first-order valence-corrected chi connectivity index (χ1v) is 8.34. The van der Waals surface area contributed by atoms with Gasteiger partial charge < -0.3 is 14.2 Å². The van der Waals surface area contributed by atoms with E-state index in [-0.39, 0.29) is 5.91 Å². The Labute approximate surface area is 140 Å². The first kappa shape index (κ1) is 15.0. The van der Waals surface area contributed by atoms with Gasteiger partial charge in [-0.15, -0.1) is 0 Å². The molecule has 1 aliphatic rings. The fraction of sp³-hybridized carbons (Fsp3) is 0.368. The van der Waals surface area contributed by atoms with Crippen molar-refractivity contribution in [2.45, 2.75) is 39.0 Å². The highest BCUT2D eigenvalue weighted by molar-refractivity contribution is 5.92. The summed E-state index contributed by atoms with van der Waals surface area (Å²) in [6.07, 6.45) is 2.20. The third-order valence-corrected chi connectivity index (χ3v) is 4.53. The summed E-state index contributed by atoms with van der Waals surface area (Å²) in [4.78, 5) is 16.4. The molecule has 0 radical (unpaired) electrons. The minimum atomic E-state index is -0.0386. The molecular weight excluding hydrogens is 304 g/mol. The SMILES string of the molecule is Cc1nc2ccc(NC(=O)CCc3ccc(C4CC4C)o3)cc2o1. The quantitative estimate of drug-likeness (QED) is 0.754. The molecule has 2 atom stereocenters. The third-order valence-electron chi connectivity index (χ3n) is 4.53. The lowest BCUT2D eigenvalue weighted by Crippen LogP contribution is -2.12. The summed E-state index contributed by atoms with van der Waals surface area (Å²) in [5.74, 6) is 3.81. The summed E-state index contributed by atoms with van der Waals surface area (Å²) >= 11 is 0. The molecule has 0 spiro atoms. The smallest absolute Gasteiger partial charge is 0.224 e. The van der Waals surface area contributed by atoms with Crippen LogP contribution in [-0.2, 0) is 11.2 Å². The van der Waals surface area contributed by atoms with Crippen LogP contribution in [0, 0.1) is 12.8 Å². The van der Waals surface area contributed by atoms with Gasteiger partial charge in [0.2, 0.25) is 5.91 Å². The van der Waals surface area contributed by atoms with Crippen LogP contribution in [-0.4, -0.2) is 10.9 Å². The molecule has 2 aromatic heterocycles. The maximum absolute atomic E-state index is 12.1. The first-order valence-electron chi connectivity index (χ1n) is 8.34. The summed E-state index contributed by atoms with van der Waals surface area (Å²) in [5, 5.41) is 2.89. The molecule has 0 saturated heterocycles. The van der Waals surface area contributed by atoms with E-state index in [0.29, 0.717) is 30.2 Å². The average Bonchev–Trinajstić information content (AvgIpc) is 2.97. The zero-order chi connectivity index (χ0) is 16.7. The molecule has 2 heterocycles. The van der Waals surface area contributed by atoms with E-state index in [1.54, 1.807) is 13.0 Å². The predicted molar refractivity (Wildman–Crippen MR) is 90.9 cm³/mol. The van der Waals surface area contributed by atoms with Gasteiger partial charge in [0.15, 0.2) is 11.5 Å². The Hall–Kier alpha value is -2.56. The molecule has 5 heteroatoms. The number of hydrogen-bond donors (Lipinski definition) is 1. The topological polar surface area (TPSA) is 68.3 Å². The number of nitrogens with one attached hydrogen (secondary N) is 1. The molecule has 5 nitrogen and oxygen atoms in total. The van der Waals surface area contributed by atoms with Crippen molar-refractivity contribution in [3.63, 3.8) is 0 Å². The molecule has 1 aliphatic carbocycles. The number of amides is 1. The van der Waals surface area contributed by atoms with Gasteiger partial charge in [0.25, 0.3) is 0 Å². The van der Waals surface area contributed by atoms with Gasteiger partial charge in [-0.3, -0.25) is 4.79 Å². The number of hydrogen-bond acceptors (Lipinski definition) is 4. The molecule has 1 amide bonds. The van der Waals surface area contributed by atoms with Crippen molar-refractivity contribution in [3.05, 3.63) is 47.7 Å². The lowest BCUT2D eigenvalue weighted by molar-refractivity contribution is -0.116. The highest BCUT2D eigenvalue weighted by atomic mass is 16.3. The molecule has 0 bridgehead atoms. The number of furan rings is 1. The summed E-state index contributed by atoms with van der Waals surface area (Å²) < 4.78 is 11.3. The number of aromatic nitrogens is 1. The molecule has 3 aromatic rings. The second-order valence-corrected chi connectivity index (χ2v) is 6.59. The minimum Gasteiger partial charge on any atom is -0.466 e. The molecular formula is C19H20N2O3. The number of oxazole rings is 1. The summed E-state index contributed by atoms with van der Waals surface area (Å²) in [7, 11) is 0. The minimum absolute atomic E-state index is 0.0386. The van der Waals surface area contributed by atoms with E-state index < -0.39 is 0 Å². The molecule has 1 saturated carbocycles. The number of nitrogens with zero attached hydrogens (tertiary/aromatic N) is 1. The standard InChI is InChI=1S/C19H20N2O3/c1-11-9-15(11)17-7-4-14(24-17)5-8-19(22)21-13-3-6-16-18(10-13)23-12(2)20-16/h3-4,6-7,10-11,15H,5,8-9H2,1-2H3,(H,21,22). The largest absolute Gasteiger partial charge is 0.466 e. The molecule has 1 aromatic carbocycles. The zero-order valence-corrected chi connectivity index (χ0v) is 13.8. The van der Waals surface area contributed by atoms with Gasteiger partial charge in [0.05, 0.1) is 0 Å². The highest BCUT2D eigenvalue weighted by Gasteiger charge is 2.36. The van der Waals surface area contributed by atoms with Crippen molar-refractivity contribution >= 4 is 22.7 Å². The van der Waals surface area contributed by atoms with Crippen LogP contribution in [0.1, 0.15) is 43.1 Å². The van der Waals surface area contributed by atoms with E-state index in [1.165, 1.54) is 6.42 Å². The maximum Gasteiger partial charge on any atom is 0.224 e. The Balaban J connectivity index is 1.34. The molecule has 1 N–H and O–H groups in total. The number of fused-ring (bicyclic) bond motifs is 1. The van der Waals surface area contributed by atoms with Gasteiger partial charge in [-0.05, 0) is 36.6 Å². The highest BCUT2D eigenvalue weighted by Crippen LogP contribution is 2.47. The van der Waals surface area contributed by atoms with Crippen molar-refractivity contribution < 1.29 is 13.6 Å². The van der Waals surface area contributed by atoms with E-state index in [9.17, 15) is 4.79 Å². The number of carbonyl (C=O) groups is 1. The van der Waals surface area contributed by atoms with Gasteiger partial charge >= 0.3 is 0 Å². The van der Waals surface area contributed by atoms with Gasteiger partial charge in [-0.1, -0.05) is 6.92 Å². The summed E-state index contributed by atoms with van der Waals surface area (Å²) in [6, 6.07) is 9.50. The van der Waals surface area contributed by atoms with Crippen LogP contribution in [0.5, 0.6) is 0 Å². The van der Waals surface area contributed by atoms with Crippen molar-refractivity contribution in [2.24, 2.45) is 5.92 Å². The Morgan fingerprint density at radius 1 is 1.29 bits per heavy atom. The number of aryl methyl sites for hydroxylation is 2. The molecule has 24 heavy (non-hydrogen) atoms. The average molecular weight is 324 g/mol. The normalized spacial score (nSPS) is 19.6. The molecule has 124 valence electrons. The molecule has 4 rings (SSSR count). The van der Waals surface area contributed by atoms with E-state index in [2.05, 4.69) is 17.2 Å². The number of anilines is 1. The summed E-state index contributed by atoms with van der Waals surface area (Å²) in [5.41, 5.74) is 2.19. The van der Waals surface area contributed by atoms with Crippen LogP contribution in [0.2, 0.25) is 0 Å². The Morgan fingerprint density at radius 2 is 2.12 bits per heavy atom. The van der Waals surface area contributed by atoms with Crippen LogP contribution in [0.3, 0.4) is 0 Å². The number of carbonyl (C=O) groups excluding carboxylic acids is 1. The van der Waals surface area contributed by atoms with Gasteiger partial charge in [0, 0.05) is 37.4 Å². The van der Waals surface area contributed by atoms with Crippen LogP contribution in [0.25, 0.3) is 11.1 Å². The van der Waals surface area contributed by atoms with Crippen molar-refractivity contribution in [1.82, 2.24) is 4.98 Å². The van der Waals surface area contributed by atoms with E-state index in [4.69, 9.17) is 8.83 Å². The second-order valence-electron chi connectivity index (χ2n) is 6.59. The van der Waals surface area contributed by atoms with Crippen molar-refractivity contribution in [1.29, 1.82) is 0 Å². The lowest BCUT2D eigenvalue weighted by atomic mass is 10.2. The van der Waals surface area contributed by atoms with Crippen molar-refractivity contribution in [3.8, 4) is 0 Å². The zero-order valence-electron chi connectivity index (χ0n) is 13.8. The number of benzene rings is 1. The summed E-state index contributed by atoms with van der Waals surface area (Å²) in [6.45, 7) is 4.03. The van der Waals surface area contributed by atoms with Gasteiger partial charge in [-0.2, -0.15) is 0 Å². The Kier molecular flexibility index (Phi) is 3.63. The van der Waals surface area contributed by atoms with E-state index in [0.717, 1.165) is 28.6 Å². The lowest BCUT2D eigenvalue weighted by Gasteiger charge is -2.04. The Morgan fingerprint density at radius 3 is 2.92 bits per heavy atom. The van der Waals surface area contributed by atoms with Gasteiger partial charge in [-0.25, -0.2) is 4.98 Å². The van der Waals surface area contributed by atoms with Crippen LogP contribution in [0.15, 0.2) is 39.2 Å². The molecule has 0 aliphatic heterocycles. The first-order chi connectivity index (χ1) is 11.6. The van der Waals surface area contributed by atoms with E-state index >= 15 is 0 Å². The maximum atomic E-state index is 12.1. The van der Waals surface area contributed by atoms with Crippen LogP contribution < -0.4 is 5.32 Å². The van der Waals surface area contributed by atoms with Crippen LogP contribution >= 0.6 is 0 Å². The number of rotatable bonds is 5. The van der Waals surface area contributed by atoms with Gasteiger partial charge in [0.1, 0.15) is 17.0 Å². The Bertz CT molecular complexity index is 893. The second kappa shape index (κ2) is 5.82. The molecule has 1 fully saturated rings. The van der Waals surface area contributed by atoms with Crippen LogP contribution in [0.4, 0.5) is 5.69 Å². The monoisotopic (exact) mass is 324 g/mol. The fourth-order valence-electron chi connectivity index (χ4n) is 3.02. The van der Waals surface area contributed by atoms with Crippen molar-refractivity contribution in [2.75, 3.05) is 5.32 Å². The molecule has 2 unspecified atom stereocenters. The predicted octanol–water partition coefficient (Wildman–Crippen LogP) is 4.42.